The van der Waals surface area contributed by atoms with E-state index >= 15 is 0 Å². The number of hydrogen-bond donors (Lipinski definition) is 0. The molecule has 0 bridgehead atoms. The molecule has 5 nitrogen and oxygen atoms in total. The van der Waals surface area contributed by atoms with Crippen LogP contribution < -0.4 is 0 Å². The number of rotatable bonds is 5. The number of aromatic nitrogens is 2. The van der Waals surface area contributed by atoms with Crippen molar-refractivity contribution in [2.45, 2.75) is 45.2 Å². The van der Waals surface area contributed by atoms with E-state index in [-0.39, 0.29) is 11.9 Å². The SMILES string of the molecule is CC(C)c1cc(C(=O)N2CCCC2c2cncc(CN(C)C)n2)cs1. The third-order valence-electron chi connectivity index (χ3n) is 4.47. The molecule has 1 amide bonds. The van der Waals surface area contributed by atoms with Crippen LogP contribution in [0.4, 0.5) is 0 Å². The van der Waals surface area contributed by atoms with Gasteiger partial charge in [0.25, 0.3) is 5.91 Å². The summed E-state index contributed by atoms with van der Waals surface area (Å²) in [5.74, 6) is 0.569. The summed E-state index contributed by atoms with van der Waals surface area (Å²) in [6, 6.07) is 2.07. The predicted molar refractivity (Wildman–Crippen MR) is 101 cm³/mol. The third kappa shape index (κ3) is 4.07. The topological polar surface area (TPSA) is 49.3 Å². The molecule has 1 saturated heterocycles. The lowest BCUT2D eigenvalue weighted by Gasteiger charge is -2.24. The summed E-state index contributed by atoms with van der Waals surface area (Å²) >= 11 is 1.67. The van der Waals surface area contributed by atoms with Crippen molar-refractivity contribution in [3.8, 4) is 0 Å². The van der Waals surface area contributed by atoms with Crippen LogP contribution in [0.15, 0.2) is 23.8 Å². The van der Waals surface area contributed by atoms with E-state index in [1.807, 2.05) is 36.6 Å². The molecule has 1 aliphatic heterocycles. The Kier molecular flexibility index (Phi) is 5.49. The van der Waals surface area contributed by atoms with Gasteiger partial charge in [-0.25, -0.2) is 0 Å². The first kappa shape index (κ1) is 18.0. The first-order valence-electron chi connectivity index (χ1n) is 8.80. The Morgan fingerprint density at radius 2 is 2.20 bits per heavy atom. The summed E-state index contributed by atoms with van der Waals surface area (Å²) in [6.07, 6.45) is 5.57. The molecule has 1 unspecified atom stereocenters. The lowest BCUT2D eigenvalue weighted by molar-refractivity contribution is 0.0733. The first-order chi connectivity index (χ1) is 12.0. The van der Waals surface area contributed by atoms with Crippen LogP contribution in [0.2, 0.25) is 0 Å². The van der Waals surface area contributed by atoms with Gasteiger partial charge in [0.2, 0.25) is 0 Å². The molecule has 0 radical (unpaired) electrons. The van der Waals surface area contributed by atoms with Crippen LogP contribution in [0, 0.1) is 0 Å². The summed E-state index contributed by atoms with van der Waals surface area (Å²) in [4.78, 5) is 27.4. The maximum absolute atomic E-state index is 13.0. The lowest BCUT2D eigenvalue weighted by atomic mass is 10.1. The first-order valence-corrected chi connectivity index (χ1v) is 9.68. The van der Waals surface area contributed by atoms with E-state index in [0.717, 1.165) is 42.9 Å². The fraction of sp³-hybridized carbons (Fsp3) is 0.526. The molecule has 1 fully saturated rings. The van der Waals surface area contributed by atoms with Crippen molar-refractivity contribution in [2.75, 3.05) is 20.6 Å². The zero-order valence-corrected chi connectivity index (χ0v) is 16.2. The highest BCUT2D eigenvalue weighted by Gasteiger charge is 2.32. The fourth-order valence-corrected chi connectivity index (χ4v) is 4.13. The molecular weight excluding hydrogens is 332 g/mol. The van der Waals surface area contributed by atoms with E-state index in [4.69, 9.17) is 4.98 Å². The van der Waals surface area contributed by atoms with E-state index in [1.54, 1.807) is 17.5 Å². The van der Waals surface area contributed by atoms with Gasteiger partial charge in [-0.3, -0.25) is 14.8 Å². The smallest absolute Gasteiger partial charge is 0.255 e. The Labute approximate surface area is 153 Å². The minimum Gasteiger partial charge on any atom is -0.330 e. The van der Waals surface area contributed by atoms with Gasteiger partial charge < -0.3 is 9.80 Å². The summed E-state index contributed by atoms with van der Waals surface area (Å²) < 4.78 is 0. The minimum absolute atomic E-state index is 0.0320. The number of hydrogen-bond acceptors (Lipinski definition) is 5. The van der Waals surface area contributed by atoms with Crippen molar-refractivity contribution >= 4 is 17.2 Å². The summed E-state index contributed by atoms with van der Waals surface area (Å²) in [7, 11) is 4.03. The van der Waals surface area contributed by atoms with Gasteiger partial charge in [-0.15, -0.1) is 11.3 Å². The van der Waals surface area contributed by atoms with Crippen molar-refractivity contribution in [1.29, 1.82) is 0 Å². The standard InChI is InChI=1S/C19H26N4OS/c1-13(2)18-8-14(12-25-18)19(24)23-7-5-6-17(23)16-10-20-9-15(21-16)11-22(3)4/h8-10,12-13,17H,5-7,11H2,1-4H3. The van der Waals surface area contributed by atoms with Gasteiger partial charge in [-0.1, -0.05) is 13.8 Å². The van der Waals surface area contributed by atoms with Crippen LogP contribution in [-0.4, -0.2) is 46.3 Å². The van der Waals surface area contributed by atoms with Crippen LogP contribution in [0.1, 0.15) is 65.3 Å². The molecule has 0 spiro atoms. The van der Waals surface area contributed by atoms with Gasteiger partial charge in [0.15, 0.2) is 0 Å². The number of thiophene rings is 1. The van der Waals surface area contributed by atoms with Crippen molar-refractivity contribution in [3.05, 3.63) is 45.7 Å². The van der Waals surface area contributed by atoms with E-state index in [0.29, 0.717) is 5.92 Å². The average molecular weight is 359 g/mol. The van der Waals surface area contributed by atoms with Crippen molar-refractivity contribution < 1.29 is 4.79 Å². The van der Waals surface area contributed by atoms with Crippen LogP contribution >= 0.6 is 11.3 Å². The molecule has 0 aromatic carbocycles. The second kappa shape index (κ2) is 7.62. The summed E-state index contributed by atoms with van der Waals surface area (Å²) in [6.45, 7) is 5.86. The molecule has 3 heterocycles. The Morgan fingerprint density at radius 3 is 2.88 bits per heavy atom. The van der Waals surface area contributed by atoms with Crippen molar-refractivity contribution in [2.24, 2.45) is 0 Å². The molecule has 1 atom stereocenters. The number of likely N-dealkylation sites (tertiary alicyclic amines) is 1. The maximum Gasteiger partial charge on any atom is 0.255 e. The van der Waals surface area contributed by atoms with Crippen LogP contribution in [0.25, 0.3) is 0 Å². The van der Waals surface area contributed by atoms with Crippen LogP contribution in [-0.2, 0) is 6.54 Å². The van der Waals surface area contributed by atoms with Crippen LogP contribution in [0.5, 0.6) is 0 Å². The van der Waals surface area contributed by atoms with Gasteiger partial charge in [-0.2, -0.15) is 0 Å². The quantitative estimate of drug-likeness (QED) is 0.818. The Morgan fingerprint density at radius 1 is 1.40 bits per heavy atom. The highest BCUT2D eigenvalue weighted by Crippen LogP contribution is 2.33. The average Bonchev–Trinajstić information content (AvgIpc) is 3.23. The normalized spacial score (nSPS) is 17.7. The number of amides is 1. The summed E-state index contributed by atoms with van der Waals surface area (Å²) in [5, 5.41) is 1.99. The molecular formula is C19H26N4OS. The second-order valence-electron chi connectivity index (χ2n) is 7.22. The fourth-order valence-electron chi connectivity index (χ4n) is 3.23. The Bertz CT molecular complexity index is 741. The molecule has 0 aliphatic carbocycles. The Balaban J connectivity index is 1.81. The maximum atomic E-state index is 13.0. The van der Waals surface area contributed by atoms with Gasteiger partial charge in [0, 0.05) is 29.5 Å². The highest BCUT2D eigenvalue weighted by molar-refractivity contribution is 7.10. The van der Waals surface area contributed by atoms with Gasteiger partial charge in [-0.05, 0) is 38.9 Å². The van der Waals surface area contributed by atoms with Gasteiger partial charge in [0.05, 0.1) is 29.2 Å². The molecule has 0 saturated carbocycles. The largest absolute Gasteiger partial charge is 0.330 e. The van der Waals surface area contributed by atoms with Crippen molar-refractivity contribution in [1.82, 2.24) is 19.8 Å². The van der Waals surface area contributed by atoms with E-state index in [9.17, 15) is 4.79 Å². The molecule has 134 valence electrons. The number of nitrogens with zero attached hydrogens (tertiary/aromatic N) is 4. The zero-order valence-electron chi connectivity index (χ0n) is 15.4. The van der Waals surface area contributed by atoms with E-state index < -0.39 is 0 Å². The Hall–Kier alpha value is -1.79. The molecule has 2 aromatic rings. The summed E-state index contributed by atoms with van der Waals surface area (Å²) in [5.41, 5.74) is 2.65. The van der Waals surface area contributed by atoms with Crippen LogP contribution in [0.3, 0.4) is 0 Å². The van der Waals surface area contributed by atoms with E-state index in [1.165, 1.54) is 4.88 Å². The molecule has 6 heteroatoms. The van der Waals surface area contributed by atoms with Crippen molar-refractivity contribution in [3.63, 3.8) is 0 Å². The lowest BCUT2D eigenvalue weighted by Crippen LogP contribution is -2.31. The molecule has 0 N–H and O–H groups in total. The minimum atomic E-state index is 0.0320. The van der Waals surface area contributed by atoms with Gasteiger partial charge >= 0.3 is 0 Å². The van der Waals surface area contributed by atoms with E-state index in [2.05, 4.69) is 23.7 Å². The number of carbonyl (C=O) groups excluding carboxylic acids is 1. The molecule has 1 aliphatic rings. The highest BCUT2D eigenvalue weighted by atomic mass is 32.1. The monoisotopic (exact) mass is 358 g/mol. The van der Waals surface area contributed by atoms with Gasteiger partial charge in [0.1, 0.15) is 0 Å². The molecule has 25 heavy (non-hydrogen) atoms. The zero-order chi connectivity index (χ0) is 18.0. The molecule has 2 aromatic heterocycles. The third-order valence-corrected chi connectivity index (χ3v) is 5.71. The predicted octanol–water partition coefficient (Wildman–Crippen LogP) is 3.70. The number of carbonyl (C=O) groups is 1. The second-order valence-corrected chi connectivity index (χ2v) is 8.16. The molecule has 3 rings (SSSR count).